The van der Waals surface area contributed by atoms with Crippen molar-refractivity contribution in [3.63, 3.8) is 0 Å². The summed E-state index contributed by atoms with van der Waals surface area (Å²) in [6.07, 6.45) is 6.07. The highest BCUT2D eigenvalue weighted by Crippen LogP contribution is 2.27. The van der Waals surface area contributed by atoms with Crippen LogP contribution in [0.2, 0.25) is 0 Å². The van der Waals surface area contributed by atoms with Crippen LogP contribution in [0.15, 0.2) is 18.3 Å². The quantitative estimate of drug-likeness (QED) is 0.873. The van der Waals surface area contributed by atoms with E-state index in [0.717, 1.165) is 17.8 Å². The summed E-state index contributed by atoms with van der Waals surface area (Å²) in [5.74, 6) is -0.106. The number of hydrogen-bond acceptors (Lipinski definition) is 5. The van der Waals surface area contributed by atoms with E-state index in [0.29, 0.717) is 17.8 Å². The van der Waals surface area contributed by atoms with E-state index < -0.39 is 0 Å². The fourth-order valence-corrected chi connectivity index (χ4v) is 3.77. The van der Waals surface area contributed by atoms with E-state index in [2.05, 4.69) is 9.97 Å². The summed E-state index contributed by atoms with van der Waals surface area (Å²) in [4.78, 5) is 24.0. The molecule has 0 aromatic carbocycles. The summed E-state index contributed by atoms with van der Waals surface area (Å²) in [5.41, 5.74) is 2.02. The van der Waals surface area contributed by atoms with Gasteiger partial charge < -0.3 is 4.90 Å². The van der Waals surface area contributed by atoms with E-state index in [1.165, 1.54) is 29.6 Å². The van der Waals surface area contributed by atoms with E-state index >= 15 is 0 Å². The zero-order valence-corrected chi connectivity index (χ0v) is 13.2. The van der Waals surface area contributed by atoms with E-state index in [9.17, 15) is 4.79 Å². The lowest BCUT2D eigenvalue weighted by molar-refractivity contribution is 0.0784. The van der Waals surface area contributed by atoms with Crippen LogP contribution in [0, 0.1) is 11.3 Å². The highest BCUT2D eigenvalue weighted by molar-refractivity contribution is 7.11. The van der Waals surface area contributed by atoms with Gasteiger partial charge in [0.15, 0.2) is 0 Å². The summed E-state index contributed by atoms with van der Waals surface area (Å²) < 4.78 is 0. The molecule has 0 saturated carbocycles. The molecule has 0 atom stereocenters. The number of nitriles is 1. The third kappa shape index (κ3) is 3.00. The van der Waals surface area contributed by atoms with Crippen molar-refractivity contribution in [1.29, 1.82) is 5.26 Å². The maximum Gasteiger partial charge on any atom is 0.255 e. The van der Waals surface area contributed by atoms with Crippen LogP contribution in [0.25, 0.3) is 0 Å². The number of carbonyl (C=O) groups is 1. The first-order valence-corrected chi connectivity index (χ1v) is 8.08. The van der Waals surface area contributed by atoms with Crippen molar-refractivity contribution in [2.45, 2.75) is 32.2 Å². The lowest BCUT2D eigenvalue weighted by Crippen LogP contribution is -2.26. The predicted molar refractivity (Wildman–Crippen MR) is 83.5 cm³/mol. The van der Waals surface area contributed by atoms with Gasteiger partial charge in [-0.15, -0.1) is 11.3 Å². The second kappa shape index (κ2) is 6.24. The highest BCUT2D eigenvalue weighted by Gasteiger charge is 2.18. The van der Waals surface area contributed by atoms with Gasteiger partial charge in [-0.05, 0) is 37.8 Å². The third-order valence-electron chi connectivity index (χ3n) is 3.73. The number of amides is 1. The first-order chi connectivity index (χ1) is 10.7. The van der Waals surface area contributed by atoms with Gasteiger partial charge in [-0.3, -0.25) is 4.79 Å². The predicted octanol–water partition coefficient (Wildman–Crippen LogP) is 2.56. The molecule has 0 saturated heterocycles. The van der Waals surface area contributed by atoms with Crippen molar-refractivity contribution < 1.29 is 4.79 Å². The van der Waals surface area contributed by atoms with Gasteiger partial charge >= 0.3 is 0 Å². The molecular weight excluding hydrogens is 296 g/mol. The van der Waals surface area contributed by atoms with E-state index in [-0.39, 0.29) is 5.91 Å². The van der Waals surface area contributed by atoms with Crippen molar-refractivity contribution >= 4 is 17.2 Å². The SMILES string of the molecule is CN(Cc1nc2c(s1)CCCC2)C(=O)c1ccc(C#N)nc1. The van der Waals surface area contributed by atoms with Crippen molar-refractivity contribution in [3.05, 3.63) is 45.2 Å². The van der Waals surface area contributed by atoms with Gasteiger partial charge in [0, 0.05) is 18.1 Å². The first kappa shape index (κ1) is 14.7. The molecule has 0 aliphatic heterocycles. The fourth-order valence-electron chi connectivity index (χ4n) is 2.55. The average Bonchev–Trinajstić information content (AvgIpc) is 2.96. The van der Waals surface area contributed by atoms with Crippen LogP contribution in [0.3, 0.4) is 0 Å². The number of aryl methyl sites for hydroxylation is 2. The van der Waals surface area contributed by atoms with Gasteiger partial charge in [-0.25, -0.2) is 9.97 Å². The number of nitrogens with zero attached hydrogens (tertiary/aromatic N) is 4. The van der Waals surface area contributed by atoms with Gasteiger partial charge in [-0.2, -0.15) is 5.26 Å². The van der Waals surface area contributed by atoms with Crippen LogP contribution in [-0.4, -0.2) is 27.8 Å². The minimum absolute atomic E-state index is 0.106. The molecule has 2 aromatic rings. The molecule has 2 heterocycles. The largest absolute Gasteiger partial charge is 0.335 e. The Morgan fingerprint density at radius 1 is 1.41 bits per heavy atom. The van der Waals surface area contributed by atoms with E-state index in [4.69, 9.17) is 5.26 Å². The van der Waals surface area contributed by atoms with Crippen LogP contribution in [0.1, 0.15) is 44.5 Å². The molecule has 2 aromatic heterocycles. The zero-order valence-electron chi connectivity index (χ0n) is 12.4. The number of aromatic nitrogens is 2. The summed E-state index contributed by atoms with van der Waals surface area (Å²) in [7, 11) is 1.76. The number of hydrogen-bond donors (Lipinski definition) is 0. The van der Waals surface area contributed by atoms with Crippen molar-refractivity contribution in [1.82, 2.24) is 14.9 Å². The topological polar surface area (TPSA) is 69.9 Å². The van der Waals surface area contributed by atoms with Crippen LogP contribution in [-0.2, 0) is 19.4 Å². The lowest BCUT2D eigenvalue weighted by atomic mass is 10.0. The van der Waals surface area contributed by atoms with Gasteiger partial charge in [0.05, 0.1) is 17.8 Å². The molecule has 0 bridgehead atoms. The Bertz CT molecular complexity index is 706. The zero-order chi connectivity index (χ0) is 15.5. The normalized spacial score (nSPS) is 13.3. The van der Waals surface area contributed by atoms with E-state index in [1.807, 2.05) is 6.07 Å². The number of carbonyl (C=O) groups excluding carboxylic acids is 1. The number of fused-ring (bicyclic) bond motifs is 1. The molecule has 3 rings (SSSR count). The molecule has 6 heteroatoms. The smallest absolute Gasteiger partial charge is 0.255 e. The molecule has 0 spiro atoms. The maximum atomic E-state index is 12.4. The summed E-state index contributed by atoms with van der Waals surface area (Å²) >= 11 is 1.72. The Labute approximate surface area is 133 Å². The molecular formula is C16H16N4OS. The summed E-state index contributed by atoms with van der Waals surface area (Å²) in [6, 6.07) is 5.14. The minimum atomic E-state index is -0.106. The number of rotatable bonds is 3. The van der Waals surface area contributed by atoms with Gasteiger partial charge in [0.25, 0.3) is 5.91 Å². The number of pyridine rings is 1. The van der Waals surface area contributed by atoms with Crippen molar-refractivity contribution in [2.24, 2.45) is 0 Å². The molecule has 1 amide bonds. The second-order valence-corrected chi connectivity index (χ2v) is 6.56. The Kier molecular flexibility index (Phi) is 4.16. The van der Waals surface area contributed by atoms with Crippen LogP contribution in [0.4, 0.5) is 0 Å². The Morgan fingerprint density at radius 3 is 2.91 bits per heavy atom. The van der Waals surface area contributed by atoms with Gasteiger partial charge in [0.1, 0.15) is 16.8 Å². The third-order valence-corrected chi connectivity index (χ3v) is 4.88. The standard InChI is InChI=1S/C16H16N4OS/c1-20(16(21)11-6-7-12(8-17)18-9-11)10-15-19-13-4-2-3-5-14(13)22-15/h6-7,9H,2-5,10H2,1H3. The van der Waals surface area contributed by atoms with E-state index in [1.54, 1.807) is 35.4 Å². The van der Waals surface area contributed by atoms with Crippen LogP contribution < -0.4 is 0 Å². The molecule has 0 fully saturated rings. The molecule has 112 valence electrons. The Hall–Kier alpha value is -2.26. The molecule has 0 radical (unpaired) electrons. The maximum absolute atomic E-state index is 12.4. The monoisotopic (exact) mass is 312 g/mol. The molecule has 1 aliphatic rings. The highest BCUT2D eigenvalue weighted by atomic mass is 32.1. The molecule has 0 unspecified atom stereocenters. The van der Waals surface area contributed by atoms with Crippen molar-refractivity contribution in [3.8, 4) is 6.07 Å². The van der Waals surface area contributed by atoms with Gasteiger partial charge in [0.2, 0.25) is 0 Å². The molecule has 0 N–H and O–H groups in total. The lowest BCUT2D eigenvalue weighted by Gasteiger charge is -2.15. The molecule has 22 heavy (non-hydrogen) atoms. The Balaban J connectivity index is 1.70. The summed E-state index contributed by atoms with van der Waals surface area (Å²) in [6.45, 7) is 0.510. The Morgan fingerprint density at radius 2 is 2.23 bits per heavy atom. The van der Waals surface area contributed by atoms with Crippen molar-refractivity contribution in [2.75, 3.05) is 7.05 Å². The molecule has 5 nitrogen and oxygen atoms in total. The molecule has 1 aliphatic carbocycles. The number of thiazole rings is 1. The second-order valence-electron chi connectivity index (χ2n) is 5.39. The average molecular weight is 312 g/mol. The van der Waals surface area contributed by atoms with Gasteiger partial charge in [-0.1, -0.05) is 0 Å². The minimum Gasteiger partial charge on any atom is -0.335 e. The summed E-state index contributed by atoms with van der Waals surface area (Å²) in [5, 5.41) is 9.73. The van der Waals surface area contributed by atoms with Crippen LogP contribution in [0.5, 0.6) is 0 Å². The van der Waals surface area contributed by atoms with Crippen LogP contribution >= 0.6 is 11.3 Å². The fraction of sp³-hybridized carbons (Fsp3) is 0.375. The first-order valence-electron chi connectivity index (χ1n) is 7.26.